The molecule has 0 bridgehead atoms. The molecule has 1 saturated heterocycles. The zero-order valence-electron chi connectivity index (χ0n) is 9.56. The third kappa shape index (κ3) is 3.46. The van der Waals surface area contributed by atoms with Gasteiger partial charge in [0, 0.05) is 0 Å². The summed E-state index contributed by atoms with van der Waals surface area (Å²) in [5.74, 6) is 0. The van der Waals surface area contributed by atoms with Crippen LogP contribution in [0.2, 0.25) is 0 Å². The minimum absolute atomic E-state index is 0.568. The fraction of sp³-hybridized carbons (Fsp3) is 1.00. The van der Waals surface area contributed by atoms with Crippen LogP contribution in [0.15, 0.2) is 0 Å². The summed E-state index contributed by atoms with van der Waals surface area (Å²) in [5.41, 5.74) is 1.14. The summed E-state index contributed by atoms with van der Waals surface area (Å²) in [6.07, 6.45) is 0. The summed E-state index contributed by atoms with van der Waals surface area (Å²) >= 11 is 0.939. The van der Waals surface area contributed by atoms with E-state index in [0.717, 1.165) is 24.5 Å². The van der Waals surface area contributed by atoms with E-state index in [1.165, 1.54) is 15.9 Å². The fourth-order valence-electron chi connectivity index (χ4n) is 1.21. The SMILES string of the molecule is CC(C)(C)C1P[Se]C(C(C)(C)C)P1. The third-order valence-electron chi connectivity index (χ3n) is 2.27. The Hall–Kier alpha value is 1.38. The molecule has 0 spiro atoms. The van der Waals surface area contributed by atoms with Crippen molar-refractivity contribution in [1.82, 2.24) is 0 Å². The molecule has 1 aliphatic rings. The van der Waals surface area contributed by atoms with Gasteiger partial charge in [0.2, 0.25) is 0 Å². The van der Waals surface area contributed by atoms with Crippen LogP contribution in [-0.4, -0.2) is 24.5 Å². The first-order valence-electron chi connectivity index (χ1n) is 4.88. The van der Waals surface area contributed by atoms with Crippen molar-refractivity contribution in [2.24, 2.45) is 10.8 Å². The molecular weight excluding hydrogens is 261 g/mol. The van der Waals surface area contributed by atoms with Crippen LogP contribution in [0.3, 0.4) is 0 Å². The molecule has 4 atom stereocenters. The van der Waals surface area contributed by atoms with Crippen molar-refractivity contribution in [2.45, 2.75) is 51.5 Å². The molecule has 1 rings (SSSR count). The van der Waals surface area contributed by atoms with E-state index in [-0.39, 0.29) is 0 Å². The van der Waals surface area contributed by atoms with Crippen LogP contribution in [-0.2, 0) is 0 Å². The first kappa shape index (κ1) is 12.4. The molecule has 4 unspecified atom stereocenters. The van der Waals surface area contributed by atoms with Gasteiger partial charge < -0.3 is 0 Å². The zero-order chi connectivity index (χ0) is 10.3. The molecule has 0 saturated carbocycles. The maximum atomic E-state index is 2.42. The second-order valence-corrected chi connectivity index (χ2v) is 14.0. The summed E-state index contributed by atoms with van der Waals surface area (Å²) in [6, 6.07) is 0. The molecule has 0 aromatic heterocycles. The quantitative estimate of drug-likeness (QED) is 0.469. The molecule has 0 N–H and O–H groups in total. The molecular formula is C10H22P2Se. The van der Waals surface area contributed by atoms with Crippen LogP contribution in [0.25, 0.3) is 0 Å². The monoisotopic (exact) mass is 284 g/mol. The Balaban J connectivity index is 2.55. The molecule has 1 heterocycles. The molecule has 0 amide bonds. The van der Waals surface area contributed by atoms with Gasteiger partial charge in [0.25, 0.3) is 0 Å². The summed E-state index contributed by atoms with van der Waals surface area (Å²) in [7, 11) is 2.51. The van der Waals surface area contributed by atoms with Crippen LogP contribution >= 0.6 is 15.9 Å². The van der Waals surface area contributed by atoms with Crippen molar-refractivity contribution in [3.05, 3.63) is 0 Å². The van der Waals surface area contributed by atoms with E-state index < -0.39 is 0 Å². The molecule has 1 aliphatic heterocycles. The number of hydrogen-bond donors (Lipinski definition) is 0. The van der Waals surface area contributed by atoms with Gasteiger partial charge in [0.15, 0.2) is 0 Å². The Morgan fingerprint density at radius 3 is 1.69 bits per heavy atom. The van der Waals surface area contributed by atoms with Crippen LogP contribution in [0.5, 0.6) is 0 Å². The first-order chi connectivity index (χ1) is 5.71. The van der Waals surface area contributed by atoms with Gasteiger partial charge in [-0.05, 0) is 0 Å². The zero-order valence-corrected chi connectivity index (χ0v) is 13.3. The molecule has 0 aromatic carbocycles. The van der Waals surface area contributed by atoms with Crippen molar-refractivity contribution in [2.75, 3.05) is 0 Å². The van der Waals surface area contributed by atoms with Gasteiger partial charge in [-0.2, -0.15) is 0 Å². The van der Waals surface area contributed by atoms with E-state index >= 15 is 0 Å². The number of rotatable bonds is 0. The van der Waals surface area contributed by atoms with Gasteiger partial charge in [0.05, 0.1) is 0 Å². The van der Waals surface area contributed by atoms with E-state index in [9.17, 15) is 0 Å². The standard InChI is InChI=1S/C10H22P2Se/c1-9(2,3)7-11-8(13-12-7)10(4,5)6/h7-8,11-12H,1-6H3. The van der Waals surface area contributed by atoms with Gasteiger partial charge >= 0.3 is 92.7 Å². The Bertz CT molecular complexity index is 158. The predicted molar refractivity (Wildman–Crippen MR) is 68.9 cm³/mol. The predicted octanol–water partition coefficient (Wildman–Crippen LogP) is 3.72. The topological polar surface area (TPSA) is 0 Å². The Morgan fingerprint density at radius 2 is 1.46 bits per heavy atom. The van der Waals surface area contributed by atoms with Crippen molar-refractivity contribution in [3.8, 4) is 0 Å². The Morgan fingerprint density at radius 1 is 0.923 bits per heavy atom. The molecule has 0 aliphatic carbocycles. The van der Waals surface area contributed by atoms with Gasteiger partial charge in [-0.3, -0.25) is 0 Å². The summed E-state index contributed by atoms with van der Waals surface area (Å²) in [4.78, 5) is 0. The molecule has 0 radical (unpaired) electrons. The molecule has 0 nitrogen and oxygen atoms in total. The van der Waals surface area contributed by atoms with E-state index in [2.05, 4.69) is 41.5 Å². The summed E-state index contributed by atoms with van der Waals surface area (Å²) in [6.45, 7) is 14.5. The first-order valence-corrected chi connectivity index (χ1v) is 10.6. The second kappa shape index (κ2) is 4.09. The molecule has 3 heteroatoms. The summed E-state index contributed by atoms with van der Waals surface area (Å²) in [5, 5.41) is 1.04. The molecule has 1 fully saturated rings. The maximum absolute atomic E-state index is 2.42. The molecule has 0 aromatic rings. The van der Waals surface area contributed by atoms with Crippen molar-refractivity contribution in [3.63, 3.8) is 0 Å². The Labute approximate surface area is 92.7 Å². The summed E-state index contributed by atoms with van der Waals surface area (Å²) < 4.78 is 1.06. The van der Waals surface area contributed by atoms with E-state index in [0.29, 0.717) is 10.8 Å². The van der Waals surface area contributed by atoms with Crippen molar-refractivity contribution >= 4 is 30.4 Å². The van der Waals surface area contributed by atoms with Crippen molar-refractivity contribution < 1.29 is 0 Å². The van der Waals surface area contributed by atoms with Gasteiger partial charge in [0.1, 0.15) is 0 Å². The number of hydrogen-bond acceptors (Lipinski definition) is 0. The van der Waals surface area contributed by atoms with Crippen LogP contribution in [0.4, 0.5) is 0 Å². The van der Waals surface area contributed by atoms with E-state index in [1.54, 1.807) is 0 Å². The van der Waals surface area contributed by atoms with Crippen LogP contribution in [0.1, 0.15) is 41.5 Å². The normalized spacial score (nSPS) is 34.6. The van der Waals surface area contributed by atoms with E-state index in [1.807, 2.05) is 0 Å². The van der Waals surface area contributed by atoms with Crippen molar-refractivity contribution in [1.29, 1.82) is 0 Å². The van der Waals surface area contributed by atoms with Gasteiger partial charge in [-0.25, -0.2) is 0 Å². The fourth-order valence-corrected chi connectivity index (χ4v) is 17.1. The minimum atomic E-state index is 0.568. The van der Waals surface area contributed by atoms with E-state index in [4.69, 9.17) is 0 Å². The molecule has 13 heavy (non-hydrogen) atoms. The van der Waals surface area contributed by atoms with Gasteiger partial charge in [-0.15, -0.1) is 0 Å². The molecule has 78 valence electrons. The average molecular weight is 283 g/mol. The second-order valence-electron chi connectivity index (χ2n) is 5.95. The average Bonchev–Trinajstić information content (AvgIpc) is 2.28. The Kier molecular flexibility index (Phi) is 3.92. The van der Waals surface area contributed by atoms with Crippen LogP contribution in [0, 0.1) is 10.8 Å². The third-order valence-corrected chi connectivity index (χ3v) is 16.5. The van der Waals surface area contributed by atoms with Gasteiger partial charge in [-0.1, -0.05) is 0 Å². The van der Waals surface area contributed by atoms with Crippen LogP contribution < -0.4 is 0 Å².